The molecule has 1 heterocycles. The minimum Gasteiger partial charge on any atom is -0.334 e. The van der Waals surface area contributed by atoms with Crippen molar-refractivity contribution >= 4 is 5.91 Å². The van der Waals surface area contributed by atoms with Gasteiger partial charge in [-0.15, -0.1) is 0 Å². The highest BCUT2D eigenvalue weighted by molar-refractivity contribution is 5.95. The minimum absolute atomic E-state index is 0.0812. The molecule has 4 heteroatoms. The van der Waals surface area contributed by atoms with E-state index in [1.54, 1.807) is 6.07 Å². The van der Waals surface area contributed by atoms with Crippen LogP contribution in [0.25, 0.3) is 0 Å². The number of likely N-dealkylation sites (tertiary alicyclic amines) is 1. The maximum atomic E-state index is 13.3. The monoisotopic (exact) mass is 264 g/mol. The third-order valence-corrected chi connectivity index (χ3v) is 3.84. The highest BCUT2D eigenvalue weighted by atomic mass is 19.1. The van der Waals surface area contributed by atoms with Crippen molar-refractivity contribution in [2.75, 3.05) is 13.1 Å². The van der Waals surface area contributed by atoms with E-state index in [1.165, 1.54) is 12.1 Å². The van der Waals surface area contributed by atoms with Crippen LogP contribution in [0.15, 0.2) is 18.2 Å². The van der Waals surface area contributed by atoms with E-state index in [-0.39, 0.29) is 17.8 Å². The van der Waals surface area contributed by atoms with Gasteiger partial charge in [0.2, 0.25) is 0 Å². The van der Waals surface area contributed by atoms with Gasteiger partial charge in [0.15, 0.2) is 0 Å². The van der Waals surface area contributed by atoms with Crippen LogP contribution in [0.3, 0.4) is 0 Å². The first-order chi connectivity index (χ1) is 9.13. The normalized spacial score (nSPS) is 20.2. The van der Waals surface area contributed by atoms with Gasteiger partial charge in [0.25, 0.3) is 5.91 Å². The summed E-state index contributed by atoms with van der Waals surface area (Å²) in [6, 6.07) is 4.45. The van der Waals surface area contributed by atoms with Crippen LogP contribution in [-0.2, 0) is 0 Å². The number of amides is 1. The SMILES string of the molecule is Cc1ccc(F)cc1C(=O)N1CCCCCC1CN. The van der Waals surface area contributed by atoms with Crippen molar-refractivity contribution in [2.45, 2.75) is 38.6 Å². The molecular weight excluding hydrogens is 243 g/mol. The molecule has 1 saturated heterocycles. The molecule has 1 fully saturated rings. The van der Waals surface area contributed by atoms with Gasteiger partial charge in [-0.05, 0) is 37.5 Å². The van der Waals surface area contributed by atoms with E-state index in [9.17, 15) is 9.18 Å². The van der Waals surface area contributed by atoms with Crippen LogP contribution < -0.4 is 5.73 Å². The number of carbonyl (C=O) groups excluding carboxylic acids is 1. The predicted molar refractivity (Wildman–Crippen MR) is 73.5 cm³/mol. The van der Waals surface area contributed by atoms with Gasteiger partial charge in [-0.2, -0.15) is 0 Å². The second-order valence-corrected chi connectivity index (χ2v) is 5.20. The molecule has 0 radical (unpaired) electrons. The number of nitrogens with two attached hydrogens (primary N) is 1. The average molecular weight is 264 g/mol. The smallest absolute Gasteiger partial charge is 0.254 e. The Hall–Kier alpha value is -1.42. The zero-order valence-electron chi connectivity index (χ0n) is 11.4. The predicted octanol–water partition coefficient (Wildman–Crippen LogP) is 2.48. The quantitative estimate of drug-likeness (QED) is 0.892. The summed E-state index contributed by atoms with van der Waals surface area (Å²) in [7, 11) is 0. The van der Waals surface area contributed by atoms with Crippen molar-refractivity contribution < 1.29 is 9.18 Å². The Morgan fingerprint density at radius 2 is 2.21 bits per heavy atom. The van der Waals surface area contributed by atoms with Crippen molar-refractivity contribution in [3.8, 4) is 0 Å². The molecule has 19 heavy (non-hydrogen) atoms. The maximum absolute atomic E-state index is 13.3. The van der Waals surface area contributed by atoms with Crippen LogP contribution >= 0.6 is 0 Å². The molecular formula is C15H21FN2O. The second kappa shape index (κ2) is 6.15. The number of hydrogen-bond acceptors (Lipinski definition) is 2. The van der Waals surface area contributed by atoms with Crippen molar-refractivity contribution in [3.05, 3.63) is 35.1 Å². The van der Waals surface area contributed by atoms with Gasteiger partial charge < -0.3 is 10.6 Å². The number of rotatable bonds is 2. The Morgan fingerprint density at radius 3 is 2.95 bits per heavy atom. The van der Waals surface area contributed by atoms with Gasteiger partial charge in [-0.3, -0.25) is 4.79 Å². The Kier molecular flexibility index (Phi) is 4.53. The molecule has 0 aliphatic carbocycles. The highest BCUT2D eigenvalue weighted by Crippen LogP contribution is 2.20. The van der Waals surface area contributed by atoms with Crippen LogP contribution in [0.5, 0.6) is 0 Å². The number of aryl methyl sites for hydroxylation is 1. The molecule has 1 aromatic carbocycles. The Morgan fingerprint density at radius 1 is 1.42 bits per heavy atom. The summed E-state index contributed by atoms with van der Waals surface area (Å²) in [6.07, 6.45) is 4.17. The summed E-state index contributed by atoms with van der Waals surface area (Å²) in [5.41, 5.74) is 7.05. The highest BCUT2D eigenvalue weighted by Gasteiger charge is 2.26. The minimum atomic E-state index is -0.368. The average Bonchev–Trinajstić information content (AvgIpc) is 2.65. The van der Waals surface area contributed by atoms with E-state index in [0.717, 1.165) is 37.8 Å². The molecule has 1 atom stereocenters. The lowest BCUT2D eigenvalue weighted by atomic mass is 10.1. The molecule has 0 bridgehead atoms. The maximum Gasteiger partial charge on any atom is 0.254 e. The number of nitrogens with zero attached hydrogens (tertiary/aromatic N) is 1. The van der Waals surface area contributed by atoms with Gasteiger partial charge in [-0.1, -0.05) is 18.9 Å². The molecule has 0 saturated carbocycles. The Bertz CT molecular complexity index is 461. The zero-order chi connectivity index (χ0) is 13.8. The van der Waals surface area contributed by atoms with E-state index >= 15 is 0 Å². The Balaban J connectivity index is 2.27. The molecule has 0 spiro atoms. The summed E-state index contributed by atoms with van der Waals surface area (Å²) in [4.78, 5) is 14.4. The van der Waals surface area contributed by atoms with Crippen molar-refractivity contribution in [1.82, 2.24) is 4.90 Å². The van der Waals surface area contributed by atoms with E-state index in [0.29, 0.717) is 12.1 Å². The first kappa shape index (κ1) is 14.0. The Labute approximate surface area is 113 Å². The molecule has 2 rings (SSSR count). The fourth-order valence-corrected chi connectivity index (χ4v) is 2.67. The van der Waals surface area contributed by atoms with E-state index in [4.69, 9.17) is 5.73 Å². The summed E-state index contributed by atoms with van der Waals surface area (Å²) >= 11 is 0. The zero-order valence-corrected chi connectivity index (χ0v) is 11.4. The third-order valence-electron chi connectivity index (χ3n) is 3.84. The summed E-state index contributed by atoms with van der Waals surface area (Å²) in [5.74, 6) is -0.456. The van der Waals surface area contributed by atoms with Crippen LogP contribution in [0.2, 0.25) is 0 Å². The van der Waals surface area contributed by atoms with Gasteiger partial charge >= 0.3 is 0 Å². The van der Waals surface area contributed by atoms with Gasteiger partial charge in [0, 0.05) is 24.7 Å². The topological polar surface area (TPSA) is 46.3 Å². The fraction of sp³-hybridized carbons (Fsp3) is 0.533. The number of benzene rings is 1. The molecule has 1 aromatic rings. The van der Waals surface area contributed by atoms with E-state index in [2.05, 4.69) is 0 Å². The molecule has 104 valence electrons. The summed E-state index contributed by atoms with van der Waals surface area (Å²) in [5, 5.41) is 0. The van der Waals surface area contributed by atoms with Gasteiger partial charge in [-0.25, -0.2) is 4.39 Å². The van der Waals surface area contributed by atoms with Crippen LogP contribution in [0.4, 0.5) is 4.39 Å². The molecule has 1 amide bonds. The molecule has 1 unspecified atom stereocenters. The van der Waals surface area contributed by atoms with Gasteiger partial charge in [0.05, 0.1) is 0 Å². The van der Waals surface area contributed by atoms with Crippen molar-refractivity contribution in [1.29, 1.82) is 0 Å². The molecule has 1 aliphatic heterocycles. The van der Waals surface area contributed by atoms with Crippen LogP contribution in [0.1, 0.15) is 41.6 Å². The lowest BCUT2D eigenvalue weighted by Gasteiger charge is -2.29. The lowest BCUT2D eigenvalue weighted by molar-refractivity contribution is 0.0688. The van der Waals surface area contributed by atoms with E-state index in [1.807, 2.05) is 11.8 Å². The number of halogens is 1. The molecule has 0 aromatic heterocycles. The first-order valence-corrected chi connectivity index (χ1v) is 6.90. The second-order valence-electron chi connectivity index (χ2n) is 5.20. The number of carbonyl (C=O) groups is 1. The van der Waals surface area contributed by atoms with Crippen LogP contribution in [0, 0.1) is 12.7 Å². The fourth-order valence-electron chi connectivity index (χ4n) is 2.67. The summed E-state index contributed by atoms with van der Waals surface area (Å²) < 4.78 is 13.3. The lowest BCUT2D eigenvalue weighted by Crippen LogP contribution is -2.44. The van der Waals surface area contributed by atoms with E-state index < -0.39 is 0 Å². The molecule has 1 aliphatic rings. The number of hydrogen-bond donors (Lipinski definition) is 1. The van der Waals surface area contributed by atoms with Crippen LogP contribution in [-0.4, -0.2) is 29.9 Å². The standard InChI is InChI=1S/C15H21FN2O/c1-11-6-7-12(16)9-14(11)15(19)18-8-4-2-3-5-13(18)10-17/h6-7,9,13H,2-5,8,10,17H2,1H3. The molecule has 2 N–H and O–H groups in total. The van der Waals surface area contributed by atoms with Gasteiger partial charge in [0.1, 0.15) is 5.82 Å². The third kappa shape index (κ3) is 3.13. The van der Waals surface area contributed by atoms with Crippen molar-refractivity contribution in [3.63, 3.8) is 0 Å². The molecule has 3 nitrogen and oxygen atoms in total. The summed E-state index contributed by atoms with van der Waals surface area (Å²) in [6.45, 7) is 3.03. The van der Waals surface area contributed by atoms with Crippen molar-refractivity contribution in [2.24, 2.45) is 5.73 Å². The largest absolute Gasteiger partial charge is 0.334 e. The first-order valence-electron chi connectivity index (χ1n) is 6.90.